The number of aryl methyl sites for hydroxylation is 1. The number of carbonyl (C=O) groups is 1. The topological polar surface area (TPSA) is 100 Å². The van der Waals surface area contributed by atoms with Gasteiger partial charge in [0, 0.05) is 32.5 Å². The van der Waals surface area contributed by atoms with E-state index in [0.717, 1.165) is 30.8 Å². The minimum atomic E-state index is -3.48. The fourth-order valence-electron chi connectivity index (χ4n) is 2.87. The smallest absolute Gasteiger partial charge is 0.243 e. The molecule has 9 heteroatoms. The number of morpholine rings is 1. The van der Waals surface area contributed by atoms with Crippen LogP contribution < -0.4 is 10.9 Å². The van der Waals surface area contributed by atoms with Gasteiger partial charge in [-0.05, 0) is 30.5 Å². The highest BCUT2D eigenvalue weighted by atomic mass is 32.2. The van der Waals surface area contributed by atoms with Gasteiger partial charge in [-0.3, -0.25) is 20.6 Å². The second kappa shape index (κ2) is 8.61. The molecule has 26 heavy (non-hydrogen) atoms. The molecule has 2 aliphatic rings. The molecule has 0 saturated carbocycles. The standard InChI is InChI=1S/C17H24N4O4S/c22-17(20-19-16-2-1-9-18-16)8-5-14-3-6-15(7-4-14)26(23,24)21-10-12-25-13-11-21/h3-4,6-7H,1-2,5,8-13H2,(H,18,19)(H,20,22). The minimum absolute atomic E-state index is 0.121. The lowest BCUT2D eigenvalue weighted by Crippen LogP contribution is -2.41. The molecule has 0 unspecified atom stereocenters. The first-order valence-electron chi connectivity index (χ1n) is 8.81. The van der Waals surface area contributed by atoms with Gasteiger partial charge in [0.05, 0.1) is 18.1 Å². The molecule has 0 spiro atoms. The van der Waals surface area contributed by atoms with Crippen LogP contribution in [0.5, 0.6) is 0 Å². The molecule has 2 heterocycles. The van der Waals surface area contributed by atoms with Crippen LogP contribution in [0.15, 0.2) is 34.2 Å². The number of carbonyl (C=O) groups excluding carboxylic acids is 1. The number of ether oxygens (including phenoxy) is 1. The van der Waals surface area contributed by atoms with Crippen LogP contribution in [0.25, 0.3) is 0 Å². The molecule has 0 atom stereocenters. The van der Waals surface area contributed by atoms with E-state index >= 15 is 0 Å². The van der Waals surface area contributed by atoms with Crippen LogP contribution in [0.2, 0.25) is 0 Å². The average molecular weight is 380 g/mol. The first-order chi connectivity index (χ1) is 12.6. The van der Waals surface area contributed by atoms with Crippen LogP contribution in [-0.4, -0.2) is 57.3 Å². The van der Waals surface area contributed by atoms with Crippen molar-refractivity contribution in [1.82, 2.24) is 15.2 Å². The molecule has 1 fully saturated rings. The van der Waals surface area contributed by atoms with Gasteiger partial charge in [-0.1, -0.05) is 12.1 Å². The van der Waals surface area contributed by atoms with Crippen LogP contribution in [0, 0.1) is 0 Å². The fourth-order valence-corrected chi connectivity index (χ4v) is 4.28. The van der Waals surface area contributed by atoms with Gasteiger partial charge in [-0.25, -0.2) is 8.42 Å². The van der Waals surface area contributed by atoms with Crippen LogP contribution >= 0.6 is 0 Å². The second-order valence-corrected chi connectivity index (χ2v) is 8.20. The van der Waals surface area contributed by atoms with Gasteiger partial charge < -0.3 is 4.74 Å². The van der Waals surface area contributed by atoms with Crippen molar-refractivity contribution in [2.45, 2.75) is 30.6 Å². The molecule has 2 N–H and O–H groups in total. The SMILES string of the molecule is O=C(CCc1ccc(S(=O)(=O)N2CCOCC2)cc1)NNC1=NCCC1. The lowest BCUT2D eigenvalue weighted by Gasteiger charge is -2.26. The summed E-state index contributed by atoms with van der Waals surface area (Å²) in [4.78, 5) is 16.4. The predicted molar refractivity (Wildman–Crippen MR) is 97.2 cm³/mol. The molecule has 1 saturated heterocycles. The normalized spacial score (nSPS) is 18.4. The Morgan fingerprint density at radius 3 is 2.58 bits per heavy atom. The number of hydrogen-bond acceptors (Lipinski definition) is 6. The Morgan fingerprint density at radius 2 is 1.92 bits per heavy atom. The summed E-state index contributed by atoms with van der Waals surface area (Å²) in [5.41, 5.74) is 6.39. The average Bonchev–Trinajstić information content (AvgIpc) is 3.19. The van der Waals surface area contributed by atoms with E-state index in [2.05, 4.69) is 15.8 Å². The zero-order chi connectivity index (χ0) is 18.4. The summed E-state index contributed by atoms with van der Waals surface area (Å²) in [5, 5.41) is 0. The summed E-state index contributed by atoms with van der Waals surface area (Å²) in [6, 6.07) is 6.72. The summed E-state index contributed by atoms with van der Waals surface area (Å²) in [6.07, 6.45) is 2.73. The highest BCUT2D eigenvalue weighted by Crippen LogP contribution is 2.18. The van der Waals surface area contributed by atoms with Gasteiger partial charge in [0.25, 0.3) is 0 Å². The summed E-state index contributed by atoms with van der Waals surface area (Å²) >= 11 is 0. The maximum Gasteiger partial charge on any atom is 0.243 e. The summed E-state index contributed by atoms with van der Waals surface area (Å²) in [5.74, 6) is 0.695. The van der Waals surface area contributed by atoms with Crippen molar-refractivity contribution in [2.75, 3.05) is 32.8 Å². The Labute approximate surface area is 153 Å². The third kappa shape index (κ3) is 4.80. The third-order valence-corrected chi connectivity index (χ3v) is 6.31. The molecule has 3 rings (SSSR count). The molecule has 142 valence electrons. The molecular formula is C17H24N4O4S. The van der Waals surface area contributed by atoms with Crippen LogP contribution in [0.1, 0.15) is 24.8 Å². The molecule has 0 aromatic heterocycles. The molecule has 0 bridgehead atoms. The third-order valence-electron chi connectivity index (χ3n) is 4.39. The van der Waals surface area contributed by atoms with Gasteiger partial charge in [-0.2, -0.15) is 4.31 Å². The number of rotatable bonds is 5. The lowest BCUT2D eigenvalue weighted by atomic mass is 10.1. The lowest BCUT2D eigenvalue weighted by molar-refractivity contribution is -0.121. The van der Waals surface area contributed by atoms with Crippen molar-refractivity contribution in [3.8, 4) is 0 Å². The zero-order valence-corrected chi connectivity index (χ0v) is 15.4. The highest BCUT2D eigenvalue weighted by molar-refractivity contribution is 7.89. The molecule has 1 aromatic carbocycles. The first-order valence-corrected chi connectivity index (χ1v) is 10.2. The number of hydrogen-bond donors (Lipinski definition) is 2. The van der Waals surface area contributed by atoms with E-state index in [1.807, 2.05) is 0 Å². The van der Waals surface area contributed by atoms with E-state index in [1.54, 1.807) is 24.3 Å². The maximum absolute atomic E-state index is 12.6. The molecule has 2 aliphatic heterocycles. The number of benzene rings is 1. The van der Waals surface area contributed by atoms with Crippen molar-refractivity contribution in [1.29, 1.82) is 0 Å². The van der Waals surface area contributed by atoms with Gasteiger partial charge in [0.15, 0.2) is 0 Å². The molecule has 0 radical (unpaired) electrons. The van der Waals surface area contributed by atoms with Crippen LogP contribution in [0.3, 0.4) is 0 Å². The Morgan fingerprint density at radius 1 is 1.19 bits per heavy atom. The number of amides is 1. The maximum atomic E-state index is 12.6. The number of hydrazine groups is 1. The first kappa shape index (κ1) is 18.8. The predicted octanol–water partition coefficient (Wildman–Crippen LogP) is 0.453. The Hall–Kier alpha value is -1.97. The van der Waals surface area contributed by atoms with E-state index in [0.29, 0.717) is 39.1 Å². The second-order valence-electron chi connectivity index (χ2n) is 6.27. The molecular weight excluding hydrogens is 356 g/mol. The van der Waals surface area contributed by atoms with Gasteiger partial charge in [-0.15, -0.1) is 0 Å². The Bertz CT molecular complexity index is 755. The molecule has 0 aliphatic carbocycles. The number of nitrogens with one attached hydrogen (secondary N) is 2. The zero-order valence-electron chi connectivity index (χ0n) is 14.6. The van der Waals surface area contributed by atoms with Crippen LogP contribution in [-0.2, 0) is 26.0 Å². The van der Waals surface area contributed by atoms with E-state index in [9.17, 15) is 13.2 Å². The van der Waals surface area contributed by atoms with Gasteiger partial charge >= 0.3 is 0 Å². The highest BCUT2D eigenvalue weighted by Gasteiger charge is 2.26. The van der Waals surface area contributed by atoms with Crippen molar-refractivity contribution >= 4 is 21.8 Å². The Balaban J connectivity index is 1.50. The molecule has 1 amide bonds. The monoisotopic (exact) mass is 380 g/mol. The van der Waals surface area contributed by atoms with E-state index in [1.165, 1.54) is 4.31 Å². The van der Waals surface area contributed by atoms with Crippen molar-refractivity contribution in [3.63, 3.8) is 0 Å². The number of sulfonamides is 1. The van der Waals surface area contributed by atoms with Crippen molar-refractivity contribution < 1.29 is 17.9 Å². The van der Waals surface area contributed by atoms with E-state index in [4.69, 9.17) is 4.74 Å². The summed E-state index contributed by atoms with van der Waals surface area (Å²) in [7, 11) is -3.48. The van der Waals surface area contributed by atoms with E-state index < -0.39 is 10.0 Å². The number of aliphatic imine (C=N–C) groups is 1. The minimum Gasteiger partial charge on any atom is -0.379 e. The van der Waals surface area contributed by atoms with Gasteiger partial charge in [0.2, 0.25) is 15.9 Å². The van der Waals surface area contributed by atoms with Crippen molar-refractivity contribution in [3.05, 3.63) is 29.8 Å². The van der Waals surface area contributed by atoms with Gasteiger partial charge in [0.1, 0.15) is 5.84 Å². The van der Waals surface area contributed by atoms with Crippen LogP contribution in [0.4, 0.5) is 0 Å². The summed E-state index contributed by atoms with van der Waals surface area (Å²) < 4.78 is 31.8. The largest absolute Gasteiger partial charge is 0.379 e. The molecule has 1 aromatic rings. The summed E-state index contributed by atoms with van der Waals surface area (Å²) in [6.45, 7) is 2.41. The fraction of sp³-hybridized carbons (Fsp3) is 0.529. The Kier molecular flexibility index (Phi) is 6.23. The van der Waals surface area contributed by atoms with Crippen molar-refractivity contribution in [2.24, 2.45) is 4.99 Å². The molecule has 8 nitrogen and oxygen atoms in total. The quantitative estimate of drug-likeness (QED) is 0.723. The van der Waals surface area contributed by atoms with E-state index in [-0.39, 0.29) is 10.8 Å². The number of nitrogens with zero attached hydrogens (tertiary/aromatic N) is 2. The number of amidine groups is 1.